The van der Waals surface area contributed by atoms with E-state index < -0.39 is 0 Å². The highest BCUT2D eigenvalue weighted by molar-refractivity contribution is 7.99. The summed E-state index contributed by atoms with van der Waals surface area (Å²) in [5.74, 6) is 0.596. The molecule has 0 spiro atoms. The number of rotatable bonds is 6. The minimum absolute atomic E-state index is 0.0507. The SMILES string of the molecule is Cc1ccc(Cn2c(=O)c3ccccc3n3c(SCC(=O)N(C)c4ccccc4)nnc23)cc1. The second-order valence-corrected chi connectivity index (χ2v) is 9.03. The molecule has 0 unspecified atom stereocenters. The fraction of sp³-hybridized carbons (Fsp3) is 0.154. The summed E-state index contributed by atoms with van der Waals surface area (Å²) in [5.41, 5.74) is 3.59. The Kier molecular flexibility index (Phi) is 5.90. The maximum absolute atomic E-state index is 13.3. The molecule has 170 valence electrons. The maximum atomic E-state index is 13.3. The number of thioether (sulfide) groups is 1. The van der Waals surface area contributed by atoms with E-state index in [1.54, 1.807) is 16.5 Å². The van der Waals surface area contributed by atoms with Gasteiger partial charge in [0, 0.05) is 12.7 Å². The number of nitrogens with zero attached hydrogens (tertiary/aromatic N) is 5. The molecule has 5 aromatic rings. The average Bonchev–Trinajstić information content (AvgIpc) is 3.30. The van der Waals surface area contributed by atoms with Crippen molar-refractivity contribution in [3.63, 3.8) is 0 Å². The highest BCUT2D eigenvalue weighted by Gasteiger charge is 2.19. The average molecular weight is 470 g/mol. The van der Waals surface area contributed by atoms with Crippen molar-refractivity contribution in [2.24, 2.45) is 0 Å². The van der Waals surface area contributed by atoms with E-state index in [4.69, 9.17) is 0 Å². The predicted octanol–water partition coefficient (Wildman–Crippen LogP) is 4.16. The van der Waals surface area contributed by atoms with E-state index in [2.05, 4.69) is 10.2 Å². The van der Waals surface area contributed by atoms with Crippen LogP contribution in [0, 0.1) is 6.92 Å². The third kappa shape index (κ3) is 4.08. The van der Waals surface area contributed by atoms with Crippen LogP contribution in [0.25, 0.3) is 16.7 Å². The Morgan fingerprint density at radius 3 is 2.41 bits per heavy atom. The van der Waals surface area contributed by atoms with Gasteiger partial charge in [0.2, 0.25) is 11.7 Å². The Bertz CT molecular complexity index is 1540. The van der Waals surface area contributed by atoms with Crippen LogP contribution in [0.3, 0.4) is 0 Å². The number of aryl methyl sites for hydroxylation is 1. The number of fused-ring (bicyclic) bond motifs is 3. The van der Waals surface area contributed by atoms with Crippen LogP contribution >= 0.6 is 11.8 Å². The van der Waals surface area contributed by atoms with Gasteiger partial charge in [-0.3, -0.25) is 18.6 Å². The summed E-state index contributed by atoms with van der Waals surface area (Å²) in [6, 6.07) is 25.0. The molecule has 0 aliphatic carbocycles. The summed E-state index contributed by atoms with van der Waals surface area (Å²) >= 11 is 1.31. The van der Waals surface area contributed by atoms with Gasteiger partial charge >= 0.3 is 0 Å². The monoisotopic (exact) mass is 469 g/mol. The van der Waals surface area contributed by atoms with Crippen LogP contribution in [0.4, 0.5) is 5.69 Å². The lowest BCUT2D eigenvalue weighted by molar-refractivity contribution is -0.115. The molecular formula is C26H23N5O2S. The van der Waals surface area contributed by atoms with Crippen molar-refractivity contribution in [2.75, 3.05) is 17.7 Å². The molecule has 8 heteroatoms. The summed E-state index contributed by atoms with van der Waals surface area (Å²) in [6.45, 7) is 2.41. The fourth-order valence-corrected chi connectivity index (χ4v) is 4.72. The molecular weight excluding hydrogens is 446 g/mol. The molecule has 0 fully saturated rings. The first-order valence-electron chi connectivity index (χ1n) is 10.9. The predicted molar refractivity (Wildman–Crippen MR) is 136 cm³/mol. The maximum Gasteiger partial charge on any atom is 0.263 e. The van der Waals surface area contributed by atoms with Crippen LogP contribution < -0.4 is 10.5 Å². The van der Waals surface area contributed by atoms with E-state index in [0.717, 1.165) is 22.3 Å². The minimum Gasteiger partial charge on any atom is -0.315 e. The van der Waals surface area contributed by atoms with Gasteiger partial charge in [0.1, 0.15) is 0 Å². The molecule has 0 atom stereocenters. The largest absolute Gasteiger partial charge is 0.315 e. The molecule has 0 saturated carbocycles. The zero-order valence-corrected chi connectivity index (χ0v) is 19.7. The molecule has 0 N–H and O–H groups in total. The Hall–Kier alpha value is -3.91. The van der Waals surface area contributed by atoms with E-state index in [0.29, 0.717) is 22.9 Å². The quantitative estimate of drug-likeness (QED) is 0.349. The number of carbonyl (C=O) groups excluding carboxylic acids is 1. The van der Waals surface area contributed by atoms with E-state index >= 15 is 0 Å². The van der Waals surface area contributed by atoms with Gasteiger partial charge in [-0.15, -0.1) is 10.2 Å². The first kappa shape index (κ1) is 21.9. The standard InChI is InChI=1S/C26H23N5O2S/c1-18-12-14-19(15-13-18)16-30-24(33)21-10-6-7-11-22(21)31-25(30)27-28-26(31)34-17-23(32)29(2)20-8-4-3-5-9-20/h3-15H,16-17H2,1-2H3. The first-order valence-corrected chi connectivity index (χ1v) is 11.9. The van der Waals surface area contributed by atoms with E-state index in [-0.39, 0.29) is 17.2 Å². The topological polar surface area (TPSA) is 72.5 Å². The summed E-state index contributed by atoms with van der Waals surface area (Å²) in [4.78, 5) is 27.8. The number of amides is 1. The third-order valence-electron chi connectivity index (χ3n) is 5.78. The number of aromatic nitrogens is 4. The van der Waals surface area contributed by atoms with Crippen molar-refractivity contribution < 1.29 is 4.79 Å². The molecule has 0 aliphatic rings. The van der Waals surface area contributed by atoms with Crippen LogP contribution in [0.5, 0.6) is 0 Å². The van der Waals surface area contributed by atoms with Crippen LogP contribution in [-0.2, 0) is 11.3 Å². The number of hydrogen-bond acceptors (Lipinski definition) is 5. The van der Waals surface area contributed by atoms with Crippen molar-refractivity contribution >= 4 is 40.0 Å². The number of benzene rings is 3. The third-order valence-corrected chi connectivity index (χ3v) is 6.70. The van der Waals surface area contributed by atoms with Gasteiger partial charge in [0.25, 0.3) is 5.56 Å². The molecule has 5 rings (SSSR count). The number of para-hydroxylation sites is 2. The summed E-state index contributed by atoms with van der Waals surface area (Å²) < 4.78 is 3.51. The van der Waals surface area contributed by atoms with Gasteiger partial charge < -0.3 is 4.90 Å². The van der Waals surface area contributed by atoms with Crippen molar-refractivity contribution in [3.8, 4) is 0 Å². The van der Waals surface area contributed by atoms with Gasteiger partial charge in [0.15, 0.2) is 5.16 Å². The van der Waals surface area contributed by atoms with Crippen LogP contribution in [0.15, 0.2) is 88.8 Å². The van der Waals surface area contributed by atoms with E-state index in [9.17, 15) is 9.59 Å². The van der Waals surface area contributed by atoms with E-state index in [1.165, 1.54) is 11.8 Å². The van der Waals surface area contributed by atoms with Crippen molar-refractivity contribution in [1.29, 1.82) is 0 Å². The molecule has 2 heterocycles. The highest BCUT2D eigenvalue weighted by Crippen LogP contribution is 2.23. The van der Waals surface area contributed by atoms with Gasteiger partial charge in [-0.25, -0.2) is 0 Å². The van der Waals surface area contributed by atoms with Gasteiger partial charge in [-0.05, 0) is 36.8 Å². The normalized spacial score (nSPS) is 11.2. The second kappa shape index (κ2) is 9.15. The molecule has 2 aromatic heterocycles. The second-order valence-electron chi connectivity index (χ2n) is 8.09. The summed E-state index contributed by atoms with van der Waals surface area (Å²) in [6.07, 6.45) is 0. The lowest BCUT2D eigenvalue weighted by atomic mass is 10.1. The zero-order chi connectivity index (χ0) is 23.7. The molecule has 1 amide bonds. The highest BCUT2D eigenvalue weighted by atomic mass is 32.2. The number of hydrogen-bond donors (Lipinski definition) is 0. The lowest BCUT2D eigenvalue weighted by Gasteiger charge is -2.16. The molecule has 0 radical (unpaired) electrons. The van der Waals surface area contributed by atoms with Crippen molar-refractivity contribution in [3.05, 3.63) is 100 Å². The summed E-state index contributed by atoms with van der Waals surface area (Å²) in [7, 11) is 1.76. The number of anilines is 1. The molecule has 0 aliphatic heterocycles. The molecule has 0 saturated heterocycles. The molecule has 0 bridgehead atoms. The first-order chi connectivity index (χ1) is 16.5. The van der Waals surface area contributed by atoms with Gasteiger partial charge in [-0.1, -0.05) is 71.9 Å². The summed E-state index contributed by atoms with van der Waals surface area (Å²) in [5, 5.41) is 9.86. The number of carbonyl (C=O) groups is 1. The lowest BCUT2D eigenvalue weighted by Crippen LogP contribution is -2.28. The van der Waals surface area contributed by atoms with E-state index in [1.807, 2.05) is 90.2 Å². The Labute approximate surface area is 200 Å². The Balaban J connectivity index is 1.52. The van der Waals surface area contributed by atoms with Gasteiger partial charge in [0.05, 0.1) is 23.2 Å². The fourth-order valence-electron chi connectivity index (χ4n) is 3.86. The van der Waals surface area contributed by atoms with Crippen LogP contribution in [-0.4, -0.2) is 37.9 Å². The van der Waals surface area contributed by atoms with Gasteiger partial charge in [-0.2, -0.15) is 0 Å². The smallest absolute Gasteiger partial charge is 0.263 e. The van der Waals surface area contributed by atoms with Crippen LogP contribution in [0.2, 0.25) is 0 Å². The minimum atomic E-state index is -0.118. The van der Waals surface area contributed by atoms with Crippen molar-refractivity contribution in [1.82, 2.24) is 19.2 Å². The zero-order valence-electron chi connectivity index (χ0n) is 18.9. The molecule has 3 aromatic carbocycles. The van der Waals surface area contributed by atoms with Crippen molar-refractivity contribution in [2.45, 2.75) is 18.6 Å². The van der Waals surface area contributed by atoms with Crippen LogP contribution in [0.1, 0.15) is 11.1 Å². The molecule has 34 heavy (non-hydrogen) atoms. The Morgan fingerprint density at radius 1 is 0.941 bits per heavy atom. The molecule has 7 nitrogen and oxygen atoms in total. The Morgan fingerprint density at radius 2 is 1.65 bits per heavy atom.